The fraction of sp³-hybridized carbons (Fsp3) is 0.278. The smallest absolute Gasteiger partial charge is 0.164 e. The van der Waals surface area contributed by atoms with Crippen LogP contribution in [0.4, 0.5) is 0 Å². The van der Waals surface area contributed by atoms with E-state index in [1.165, 1.54) is 11.1 Å². The van der Waals surface area contributed by atoms with Gasteiger partial charge in [-0.1, -0.05) is 18.2 Å². The minimum Gasteiger partial charge on any atom is -0.493 e. The van der Waals surface area contributed by atoms with E-state index in [1.807, 2.05) is 12.1 Å². The van der Waals surface area contributed by atoms with Gasteiger partial charge in [-0.15, -0.1) is 0 Å². The number of aromatic nitrogens is 2. The zero-order valence-electron chi connectivity index (χ0n) is 12.5. The van der Waals surface area contributed by atoms with E-state index in [0.717, 1.165) is 42.0 Å². The van der Waals surface area contributed by atoms with Gasteiger partial charge >= 0.3 is 0 Å². The van der Waals surface area contributed by atoms with Crippen molar-refractivity contribution in [2.24, 2.45) is 5.92 Å². The number of methoxy groups -OCH3 is 1. The first-order valence-corrected chi connectivity index (χ1v) is 7.54. The summed E-state index contributed by atoms with van der Waals surface area (Å²) in [5, 5.41) is 0. The van der Waals surface area contributed by atoms with Crippen LogP contribution in [0.15, 0.2) is 42.7 Å². The zero-order valence-corrected chi connectivity index (χ0v) is 12.5. The molecular weight excluding hydrogens is 276 g/mol. The van der Waals surface area contributed by atoms with Gasteiger partial charge in [0.05, 0.1) is 31.1 Å². The highest BCUT2D eigenvalue weighted by molar-refractivity contribution is 5.75. The molecule has 0 fully saturated rings. The number of fused-ring (bicyclic) bond motifs is 2. The number of nitrogens with one attached hydrogen (secondary N) is 1. The Morgan fingerprint density at radius 1 is 1.32 bits per heavy atom. The number of rotatable bonds is 3. The molecule has 4 heteroatoms. The average molecular weight is 294 g/mol. The second-order valence-corrected chi connectivity index (χ2v) is 5.79. The topological polar surface area (TPSA) is 47.1 Å². The minimum atomic E-state index is 0.486. The van der Waals surface area contributed by atoms with Crippen molar-refractivity contribution in [2.75, 3.05) is 13.7 Å². The number of H-pyrrole nitrogens is 1. The Morgan fingerprint density at radius 2 is 2.27 bits per heavy atom. The molecule has 1 aliphatic heterocycles. The Morgan fingerprint density at radius 3 is 3.18 bits per heavy atom. The highest BCUT2D eigenvalue weighted by Crippen LogP contribution is 2.36. The first-order valence-electron chi connectivity index (χ1n) is 7.54. The van der Waals surface area contributed by atoms with Crippen LogP contribution >= 0.6 is 0 Å². The van der Waals surface area contributed by atoms with E-state index in [9.17, 15) is 0 Å². The summed E-state index contributed by atoms with van der Waals surface area (Å²) in [4.78, 5) is 7.43. The van der Waals surface area contributed by atoms with Gasteiger partial charge in [0.1, 0.15) is 0 Å². The van der Waals surface area contributed by atoms with Crippen LogP contribution in [0.1, 0.15) is 11.1 Å². The summed E-state index contributed by atoms with van der Waals surface area (Å²) in [5.41, 5.74) is 4.66. The van der Waals surface area contributed by atoms with Gasteiger partial charge in [-0.25, -0.2) is 4.98 Å². The third kappa shape index (κ3) is 2.30. The minimum absolute atomic E-state index is 0.486. The van der Waals surface area contributed by atoms with Crippen molar-refractivity contribution in [1.29, 1.82) is 0 Å². The highest BCUT2D eigenvalue weighted by atomic mass is 16.5. The van der Waals surface area contributed by atoms with Crippen molar-refractivity contribution in [2.45, 2.75) is 12.8 Å². The molecule has 0 unspecified atom stereocenters. The summed E-state index contributed by atoms with van der Waals surface area (Å²) in [7, 11) is 1.69. The van der Waals surface area contributed by atoms with Gasteiger partial charge in [0.15, 0.2) is 11.5 Å². The van der Waals surface area contributed by atoms with Crippen molar-refractivity contribution >= 4 is 11.0 Å². The zero-order chi connectivity index (χ0) is 14.9. The highest BCUT2D eigenvalue weighted by Gasteiger charge is 2.22. The number of hydrogen-bond donors (Lipinski definition) is 1. The Balaban J connectivity index is 1.54. The average Bonchev–Trinajstić information content (AvgIpc) is 3.01. The summed E-state index contributed by atoms with van der Waals surface area (Å²) >= 11 is 0. The van der Waals surface area contributed by atoms with Crippen molar-refractivity contribution in [3.8, 4) is 11.5 Å². The lowest BCUT2D eigenvalue weighted by molar-refractivity contribution is 0.211. The normalized spacial score (nSPS) is 17.0. The summed E-state index contributed by atoms with van der Waals surface area (Å²) in [6, 6.07) is 12.5. The van der Waals surface area contributed by atoms with Gasteiger partial charge in [-0.3, -0.25) is 0 Å². The molecule has 1 atom stereocenters. The maximum absolute atomic E-state index is 5.96. The quantitative estimate of drug-likeness (QED) is 0.805. The second kappa shape index (κ2) is 5.37. The molecule has 0 radical (unpaired) electrons. The number of imidazole rings is 1. The van der Waals surface area contributed by atoms with Crippen molar-refractivity contribution in [3.63, 3.8) is 0 Å². The summed E-state index contributed by atoms with van der Waals surface area (Å²) in [5.74, 6) is 2.22. The summed E-state index contributed by atoms with van der Waals surface area (Å²) < 4.78 is 11.3. The van der Waals surface area contributed by atoms with Crippen LogP contribution in [0, 0.1) is 5.92 Å². The van der Waals surface area contributed by atoms with Crippen LogP contribution in [-0.4, -0.2) is 23.7 Å². The van der Waals surface area contributed by atoms with Crippen molar-refractivity contribution in [3.05, 3.63) is 53.9 Å². The summed E-state index contributed by atoms with van der Waals surface area (Å²) in [6.45, 7) is 0.731. The Bertz CT molecular complexity index is 810. The molecule has 1 aliphatic rings. The van der Waals surface area contributed by atoms with E-state index >= 15 is 0 Å². The first-order chi connectivity index (χ1) is 10.8. The Hall–Kier alpha value is -2.49. The van der Waals surface area contributed by atoms with Crippen molar-refractivity contribution in [1.82, 2.24) is 9.97 Å². The van der Waals surface area contributed by atoms with Crippen LogP contribution in [0.2, 0.25) is 0 Å². The predicted octanol–water partition coefficient (Wildman–Crippen LogP) is 3.37. The second-order valence-electron chi connectivity index (χ2n) is 5.79. The van der Waals surface area contributed by atoms with Crippen LogP contribution in [0.25, 0.3) is 11.0 Å². The molecule has 0 bridgehead atoms. The number of para-hydroxylation sites is 1. The standard InChI is InChI=1S/C18H18N2O2/c1-21-17-4-2-3-14-8-13(10-22-18(14)17)7-12-5-6-15-16(9-12)20-11-19-15/h2-6,9,11,13H,7-8,10H2,1H3,(H,19,20)/t13-/m0/s1. The maximum atomic E-state index is 5.96. The molecule has 0 saturated heterocycles. The molecule has 0 aliphatic carbocycles. The molecule has 3 aromatic rings. The third-order valence-electron chi connectivity index (χ3n) is 4.26. The first kappa shape index (κ1) is 13.2. The van der Waals surface area contributed by atoms with Gasteiger partial charge in [0.25, 0.3) is 0 Å². The van der Waals surface area contributed by atoms with E-state index in [0.29, 0.717) is 5.92 Å². The molecule has 22 heavy (non-hydrogen) atoms. The fourth-order valence-corrected chi connectivity index (χ4v) is 3.19. The van der Waals surface area contributed by atoms with E-state index < -0.39 is 0 Å². The number of hydrogen-bond acceptors (Lipinski definition) is 3. The molecule has 0 spiro atoms. The van der Waals surface area contributed by atoms with Gasteiger partial charge in [0.2, 0.25) is 0 Å². The summed E-state index contributed by atoms with van der Waals surface area (Å²) in [6.07, 6.45) is 3.76. The van der Waals surface area contributed by atoms with E-state index in [2.05, 4.69) is 34.2 Å². The lowest BCUT2D eigenvalue weighted by atomic mass is 9.90. The Labute approximate surface area is 129 Å². The molecule has 4 nitrogen and oxygen atoms in total. The molecule has 4 rings (SSSR count). The third-order valence-corrected chi connectivity index (χ3v) is 4.26. The molecule has 1 N–H and O–H groups in total. The van der Waals surface area contributed by atoms with Gasteiger partial charge in [0, 0.05) is 5.92 Å². The van der Waals surface area contributed by atoms with Gasteiger partial charge in [-0.2, -0.15) is 0 Å². The van der Waals surface area contributed by atoms with Gasteiger partial charge in [-0.05, 0) is 42.2 Å². The number of benzene rings is 2. The number of aromatic amines is 1. The largest absolute Gasteiger partial charge is 0.493 e. The molecule has 2 aromatic carbocycles. The van der Waals surface area contributed by atoms with Crippen LogP contribution < -0.4 is 9.47 Å². The van der Waals surface area contributed by atoms with Crippen LogP contribution in [-0.2, 0) is 12.8 Å². The SMILES string of the molecule is COc1cccc2c1OC[C@@H](Cc1ccc3nc[nH]c3c1)C2. The van der Waals surface area contributed by atoms with Gasteiger partial charge < -0.3 is 14.5 Å². The molecule has 2 heterocycles. The fourth-order valence-electron chi connectivity index (χ4n) is 3.19. The molecular formula is C18H18N2O2. The van der Waals surface area contributed by atoms with E-state index in [4.69, 9.17) is 9.47 Å². The van der Waals surface area contributed by atoms with Crippen molar-refractivity contribution < 1.29 is 9.47 Å². The maximum Gasteiger partial charge on any atom is 0.164 e. The lowest BCUT2D eigenvalue weighted by Gasteiger charge is -2.26. The predicted molar refractivity (Wildman–Crippen MR) is 85.5 cm³/mol. The molecule has 1 aromatic heterocycles. The van der Waals surface area contributed by atoms with Crippen LogP contribution in [0.5, 0.6) is 11.5 Å². The molecule has 112 valence electrons. The monoisotopic (exact) mass is 294 g/mol. The van der Waals surface area contributed by atoms with E-state index in [1.54, 1.807) is 13.4 Å². The Kier molecular flexibility index (Phi) is 3.22. The molecule has 0 amide bonds. The number of ether oxygens (including phenoxy) is 2. The lowest BCUT2D eigenvalue weighted by Crippen LogP contribution is -2.23. The number of nitrogens with zero attached hydrogens (tertiary/aromatic N) is 1. The van der Waals surface area contributed by atoms with E-state index in [-0.39, 0.29) is 0 Å². The molecule has 0 saturated carbocycles. The van der Waals surface area contributed by atoms with Crippen LogP contribution in [0.3, 0.4) is 0 Å².